The van der Waals surface area contributed by atoms with Crippen molar-refractivity contribution in [1.29, 1.82) is 0 Å². The van der Waals surface area contributed by atoms with Gasteiger partial charge in [0.1, 0.15) is 0 Å². The summed E-state index contributed by atoms with van der Waals surface area (Å²) in [6.07, 6.45) is 0. The Bertz CT molecular complexity index is 294. The lowest BCUT2D eigenvalue weighted by molar-refractivity contribution is 1.39. The number of hydrogen-bond donors (Lipinski definition) is 0. The Morgan fingerprint density at radius 1 is 1.25 bits per heavy atom. The van der Waals surface area contributed by atoms with Crippen molar-refractivity contribution >= 4 is 48.0 Å². The molecule has 0 nitrogen and oxygen atoms in total. The Balaban J connectivity index is 0.000000325. The summed E-state index contributed by atoms with van der Waals surface area (Å²) in [7, 11) is -2.85. The standard InChI is InChI=1S/C7H8Cl2Si.C4H9ClSi/c8-10(9)6-7-4-2-1-3-5-7;1-4-6(2,3)5/h1-5,10H,6H2;4H,1H2,2-3H3. The molecule has 0 saturated heterocycles. The fourth-order valence-corrected chi connectivity index (χ4v) is 2.49. The summed E-state index contributed by atoms with van der Waals surface area (Å²) < 4.78 is 0. The van der Waals surface area contributed by atoms with Crippen LogP contribution >= 0.6 is 33.2 Å². The fraction of sp³-hybridized carbons (Fsp3) is 0.273. The molecular weight excluding hydrogens is 295 g/mol. The van der Waals surface area contributed by atoms with Gasteiger partial charge in [0.15, 0.2) is 7.38 Å². The minimum absolute atomic E-state index is 0.865. The highest BCUT2D eigenvalue weighted by molar-refractivity contribution is 7.33. The average molecular weight is 312 g/mol. The number of halogens is 3. The highest BCUT2D eigenvalue weighted by Crippen LogP contribution is 2.07. The second-order valence-electron chi connectivity index (χ2n) is 3.85. The minimum atomic E-state index is -1.45. The molecule has 0 aliphatic rings. The molecule has 0 N–H and O–H groups in total. The molecule has 16 heavy (non-hydrogen) atoms. The number of rotatable bonds is 3. The minimum Gasteiger partial charge on any atom is -0.162 e. The normalized spacial score (nSPS) is 10.6. The maximum absolute atomic E-state index is 5.74. The Labute approximate surface area is 115 Å². The van der Waals surface area contributed by atoms with Crippen molar-refractivity contribution in [3.05, 3.63) is 48.2 Å². The summed E-state index contributed by atoms with van der Waals surface area (Å²) >= 11 is 17.2. The van der Waals surface area contributed by atoms with Gasteiger partial charge in [-0.25, -0.2) is 0 Å². The molecule has 0 bridgehead atoms. The van der Waals surface area contributed by atoms with Gasteiger partial charge < -0.3 is 0 Å². The van der Waals surface area contributed by atoms with E-state index in [0.29, 0.717) is 0 Å². The van der Waals surface area contributed by atoms with Crippen LogP contribution in [0.1, 0.15) is 5.56 Å². The molecule has 0 radical (unpaired) electrons. The maximum atomic E-state index is 5.74. The van der Waals surface area contributed by atoms with Crippen LogP contribution in [0, 0.1) is 0 Å². The predicted octanol–water partition coefficient (Wildman–Crippen LogP) is 4.62. The highest BCUT2D eigenvalue weighted by Gasteiger charge is 2.08. The first-order valence-electron chi connectivity index (χ1n) is 4.99. The summed E-state index contributed by atoms with van der Waals surface area (Å²) in [4.78, 5) is 0. The van der Waals surface area contributed by atoms with Crippen LogP contribution in [0.2, 0.25) is 13.1 Å². The van der Waals surface area contributed by atoms with Crippen molar-refractivity contribution in [3.8, 4) is 0 Å². The fourth-order valence-electron chi connectivity index (χ4n) is 0.792. The van der Waals surface area contributed by atoms with Crippen molar-refractivity contribution < 1.29 is 0 Å². The summed E-state index contributed by atoms with van der Waals surface area (Å²) in [5.41, 5.74) is 3.08. The SMILES string of the molecule is C=C[Si](C)(C)Cl.Cl[SiH](Cl)Cc1ccccc1. The first kappa shape index (κ1) is 16.3. The van der Waals surface area contributed by atoms with Crippen LogP contribution < -0.4 is 0 Å². The molecule has 0 fully saturated rings. The van der Waals surface area contributed by atoms with Crippen molar-refractivity contribution in [3.63, 3.8) is 0 Å². The van der Waals surface area contributed by atoms with Gasteiger partial charge in [0, 0.05) is 0 Å². The van der Waals surface area contributed by atoms with Gasteiger partial charge in [-0.3, -0.25) is 0 Å². The van der Waals surface area contributed by atoms with Crippen LogP contribution in [0.25, 0.3) is 0 Å². The summed E-state index contributed by atoms with van der Waals surface area (Å²) in [5.74, 6) is 0. The predicted molar refractivity (Wildman–Crippen MR) is 82.5 cm³/mol. The van der Waals surface area contributed by atoms with E-state index in [1.807, 2.05) is 49.1 Å². The second kappa shape index (κ2) is 8.37. The summed E-state index contributed by atoms with van der Waals surface area (Å²) in [5, 5.41) is 0. The van der Waals surface area contributed by atoms with E-state index >= 15 is 0 Å². The molecule has 1 rings (SSSR count). The van der Waals surface area contributed by atoms with Gasteiger partial charge in [-0.05, 0) is 11.6 Å². The molecule has 0 aliphatic heterocycles. The first-order valence-corrected chi connectivity index (χ1v) is 13.4. The second-order valence-corrected chi connectivity index (χ2v) is 15.3. The quantitative estimate of drug-likeness (QED) is 0.564. The van der Waals surface area contributed by atoms with Gasteiger partial charge in [0.05, 0.1) is 0 Å². The van der Waals surface area contributed by atoms with Crippen molar-refractivity contribution in [2.75, 3.05) is 0 Å². The molecule has 0 heterocycles. The van der Waals surface area contributed by atoms with Gasteiger partial charge in [0.2, 0.25) is 7.42 Å². The zero-order chi connectivity index (χ0) is 12.6. The molecule has 0 unspecified atom stereocenters. The Hall–Kier alpha value is 0.264. The lowest BCUT2D eigenvalue weighted by atomic mass is 10.2. The van der Waals surface area contributed by atoms with Gasteiger partial charge >= 0.3 is 0 Å². The molecule has 5 heteroatoms. The smallest absolute Gasteiger partial charge is 0.162 e. The Morgan fingerprint density at radius 3 is 2.00 bits per heavy atom. The van der Waals surface area contributed by atoms with Crippen LogP contribution in [-0.2, 0) is 6.04 Å². The zero-order valence-electron chi connectivity index (χ0n) is 9.59. The van der Waals surface area contributed by atoms with Gasteiger partial charge in [-0.1, -0.05) is 49.1 Å². The molecule has 1 aromatic carbocycles. The van der Waals surface area contributed by atoms with E-state index < -0.39 is 14.8 Å². The lowest BCUT2D eigenvalue weighted by Crippen LogP contribution is -2.10. The molecule has 0 saturated carbocycles. The average Bonchev–Trinajstić information content (AvgIpc) is 2.18. The molecule has 0 aromatic heterocycles. The highest BCUT2D eigenvalue weighted by atomic mass is 35.7. The van der Waals surface area contributed by atoms with Crippen molar-refractivity contribution in [2.45, 2.75) is 19.1 Å². The van der Waals surface area contributed by atoms with E-state index in [-0.39, 0.29) is 0 Å². The Morgan fingerprint density at radius 2 is 1.69 bits per heavy atom. The van der Waals surface area contributed by atoms with Crippen LogP contribution in [0.5, 0.6) is 0 Å². The molecule has 1 aromatic rings. The van der Waals surface area contributed by atoms with E-state index in [4.69, 9.17) is 33.2 Å². The zero-order valence-corrected chi connectivity index (χ0v) is 14.0. The first-order chi connectivity index (χ1) is 7.35. The van der Waals surface area contributed by atoms with Crippen LogP contribution in [0.4, 0.5) is 0 Å². The number of hydrogen-bond acceptors (Lipinski definition) is 0. The largest absolute Gasteiger partial charge is 0.241 e. The summed E-state index contributed by atoms with van der Waals surface area (Å²) in [6.45, 7) is 7.62. The van der Waals surface area contributed by atoms with E-state index in [1.54, 1.807) is 0 Å². The topological polar surface area (TPSA) is 0 Å². The molecular formula is C11H17Cl3Si2. The van der Waals surface area contributed by atoms with Crippen LogP contribution in [-0.4, -0.2) is 14.8 Å². The summed E-state index contributed by atoms with van der Waals surface area (Å²) in [6, 6.07) is 10.9. The van der Waals surface area contributed by atoms with Gasteiger partial charge in [0.25, 0.3) is 0 Å². The third kappa shape index (κ3) is 10.8. The molecule has 0 spiro atoms. The van der Waals surface area contributed by atoms with Gasteiger partial charge in [-0.15, -0.1) is 28.7 Å². The third-order valence-corrected chi connectivity index (χ3v) is 4.86. The van der Waals surface area contributed by atoms with Gasteiger partial charge in [-0.2, -0.15) is 11.1 Å². The van der Waals surface area contributed by atoms with E-state index in [0.717, 1.165) is 6.04 Å². The van der Waals surface area contributed by atoms with E-state index in [1.165, 1.54) is 5.56 Å². The third-order valence-electron chi connectivity index (χ3n) is 1.72. The molecule has 0 aliphatic carbocycles. The Kier molecular flexibility index (Phi) is 8.51. The molecule has 0 amide bonds. The van der Waals surface area contributed by atoms with Crippen molar-refractivity contribution in [2.24, 2.45) is 0 Å². The van der Waals surface area contributed by atoms with E-state index in [9.17, 15) is 0 Å². The molecule has 0 atom stereocenters. The number of benzene rings is 1. The monoisotopic (exact) mass is 310 g/mol. The van der Waals surface area contributed by atoms with Crippen molar-refractivity contribution in [1.82, 2.24) is 0 Å². The maximum Gasteiger partial charge on any atom is 0.241 e. The van der Waals surface area contributed by atoms with Crippen LogP contribution in [0.15, 0.2) is 42.6 Å². The van der Waals surface area contributed by atoms with Crippen LogP contribution in [0.3, 0.4) is 0 Å². The molecule has 90 valence electrons. The van der Waals surface area contributed by atoms with E-state index in [2.05, 4.69) is 6.58 Å². The lowest BCUT2D eigenvalue weighted by Gasteiger charge is -2.00.